The van der Waals surface area contributed by atoms with Gasteiger partial charge >= 0.3 is 0 Å². The van der Waals surface area contributed by atoms with E-state index in [9.17, 15) is 45.6 Å². The average Bonchev–Trinajstić information content (AvgIpc) is 1.93. The first kappa shape index (κ1) is 82.0. The van der Waals surface area contributed by atoms with Crippen molar-refractivity contribution in [3.05, 3.63) is 48.6 Å². The van der Waals surface area contributed by atoms with Crippen LogP contribution < -0.4 is 5.32 Å². The van der Waals surface area contributed by atoms with Gasteiger partial charge in [-0.25, -0.2) is 0 Å². The summed E-state index contributed by atoms with van der Waals surface area (Å²) >= 11 is 0. The van der Waals surface area contributed by atoms with Crippen molar-refractivity contribution in [2.45, 2.75) is 396 Å². The van der Waals surface area contributed by atoms with Crippen molar-refractivity contribution in [2.24, 2.45) is 0 Å². The van der Waals surface area contributed by atoms with Crippen LogP contribution in [0.5, 0.6) is 0 Å². The normalized spacial score (nSPS) is 23.4. The van der Waals surface area contributed by atoms with Gasteiger partial charge in [0, 0.05) is 6.42 Å². The molecule has 12 unspecified atom stereocenters. The first-order valence-corrected chi connectivity index (χ1v) is 36.9. The van der Waals surface area contributed by atoms with Crippen molar-refractivity contribution in [2.75, 3.05) is 19.8 Å². The Bertz CT molecular complexity index is 1660. The summed E-state index contributed by atoms with van der Waals surface area (Å²) in [7, 11) is 0. The molecule has 1 amide bonds. The summed E-state index contributed by atoms with van der Waals surface area (Å²) in [5, 5.41) is 87.5. The van der Waals surface area contributed by atoms with Gasteiger partial charge < -0.3 is 65.1 Å². The van der Waals surface area contributed by atoms with Gasteiger partial charge in [-0.15, -0.1) is 0 Å². The van der Waals surface area contributed by atoms with Crippen molar-refractivity contribution >= 4 is 5.91 Å². The Kier molecular flexibility index (Phi) is 54.8. The molecule has 2 rings (SSSR count). The van der Waals surface area contributed by atoms with Gasteiger partial charge in [0.1, 0.15) is 48.8 Å². The summed E-state index contributed by atoms with van der Waals surface area (Å²) < 4.78 is 22.9. The van der Waals surface area contributed by atoms with Crippen LogP contribution in [0.2, 0.25) is 0 Å². The number of rotatable bonds is 61. The van der Waals surface area contributed by atoms with Gasteiger partial charge in [0.25, 0.3) is 0 Å². The maximum Gasteiger partial charge on any atom is 0.220 e. The number of hydrogen-bond donors (Lipinski definition) is 9. The molecule has 2 aliphatic rings. The lowest BCUT2D eigenvalue weighted by atomic mass is 9.97. The summed E-state index contributed by atoms with van der Waals surface area (Å²) in [5.74, 6) is -0.249. The Balaban J connectivity index is 1.69. The molecule has 88 heavy (non-hydrogen) atoms. The van der Waals surface area contributed by atoms with Crippen LogP contribution >= 0.6 is 0 Å². The van der Waals surface area contributed by atoms with Crippen molar-refractivity contribution in [1.82, 2.24) is 5.32 Å². The highest BCUT2D eigenvalue weighted by molar-refractivity contribution is 5.76. The fourth-order valence-electron chi connectivity index (χ4n) is 12.1. The van der Waals surface area contributed by atoms with Crippen LogP contribution in [-0.2, 0) is 23.7 Å². The lowest BCUT2D eigenvalue weighted by molar-refractivity contribution is -0.359. The molecule has 0 saturated carbocycles. The summed E-state index contributed by atoms with van der Waals surface area (Å²) in [6, 6.07) is -0.940. The minimum atomic E-state index is -1.79. The van der Waals surface area contributed by atoms with Crippen LogP contribution in [0.15, 0.2) is 48.6 Å². The topological polar surface area (TPSA) is 228 Å². The second-order valence-corrected chi connectivity index (χ2v) is 26.1. The van der Waals surface area contributed by atoms with E-state index in [-0.39, 0.29) is 18.9 Å². The first-order chi connectivity index (χ1) is 43.1. The number of nitrogens with one attached hydrogen (secondary N) is 1. The minimum absolute atomic E-state index is 0.249. The van der Waals surface area contributed by atoms with Crippen LogP contribution in [0, 0.1) is 0 Å². The number of carbonyl (C=O) groups is 1. The number of carbonyl (C=O) groups excluding carboxylic acids is 1. The van der Waals surface area contributed by atoms with Gasteiger partial charge in [0.15, 0.2) is 12.6 Å². The van der Waals surface area contributed by atoms with Crippen LogP contribution in [0.4, 0.5) is 0 Å². The Hall–Kier alpha value is -2.05. The van der Waals surface area contributed by atoms with Crippen LogP contribution in [0.3, 0.4) is 0 Å². The molecule has 14 nitrogen and oxygen atoms in total. The molecule has 0 bridgehead atoms. The Morgan fingerprint density at radius 1 is 0.398 bits per heavy atom. The zero-order valence-electron chi connectivity index (χ0n) is 56.2. The third-order valence-electron chi connectivity index (χ3n) is 18.0. The highest BCUT2D eigenvalue weighted by Crippen LogP contribution is 2.30. The first-order valence-electron chi connectivity index (χ1n) is 36.9. The van der Waals surface area contributed by atoms with E-state index in [1.165, 1.54) is 244 Å². The van der Waals surface area contributed by atoms with Gasteiger partial charge in [-0.05, 0) is 70.6 Å². The Morgan fingerprint density at radius 2 is 0.727 bits per heavy atom. The quantitative estimate of drug-likeness (QED) is 0.0204. The zero-order chi connectivity index (χ0) is 63.8. The van der Waals surface area contributed by atoms with Crippen molar-refractivity contribution < 1.29 is 64.6 Å². The molecular formula is C74H137NO13. The van der Waals surface area contributed by atoms with E-state index in [4.69, 9.17) is 18.9 Å². The smallest absolute Gasteiger partial charge is 0.220 e. The second-order valence-electron chi connectivity index (χ2n) is 26.1. The van der Waals surface area contributed by atoms with Crippen molar-refractivity contribution in [1.29, 1.82) is 0 Å². The molecule has 2 fully saturated rings. The largest absolute Gasteiger partial charge is 0.394 e. The van der Waals surface area contributed by atoms with E-state index in [1.807, 2.05) is 6.08 Å². The number of allylic oxidation sites excluding steroid dienone is 7. The highest BCUT2D eigenvalue weighted by atomic mass is 16.7. The number of aliphatic hydroxyl groups excluding tert-OH is 8. The number of amides is 1. The SMILES string of the molecule is CCCCCCCCCC/C=C\CCCCCCCCCCCCCCCCCC(=O)NC(COC1OC(CO)C(OC2OC(CO)C(O)C(O)C2O)C(O)C1O)C(O)/C=C/CC/C=C/CC/C=C/CCCCCCCCCCCCCCCCCCC. The predicted molar refractivity (Wildman–Crippen MR) is 360 cm³/mol. The summed E-state index contributed by atoms with van der Waals surface area (Å²) in [5.41, 5.74) is 0. The van der Waals surface area contributed by atoms with Crippen molar-refractivity contribution in [3.8, 4) is 0 Å². The molecule has 2 heterocycles. The summed E-state index contributed by atoms with van der Waals surface area (Å²) in [6.45, 7) is 2.82. The van der Waals surface area contributed by atoms with Gasteiger partial charge in [-0.2, -0.15) is 0 Å². The van der Waals surface area contributed by atoms with Gasteiger partial charge in [-0.3, -0.25) is 4.79 Å². The lowest BCUT2D eigenvalue weighted by Crippen LogP contribution is -2.65. The molecule has 2 saturated heterocycles. The van der Waals surface area contributed by atoms with E-state index >= 15 is 0 Å². The maximum absolute atomic E-state index is 13.3. The maximum atomic E-state index is 13.3. The molecule has 0 aromatic rings. The molecule has 9 N–H and O–H groups in total. The molecule has 0 radical (unpaired) electrons. The fraction of sp³-hybridized carbons (Fsp3) is 0.878. The number of ether oxygens (including phenoxy) is 4. The third kappa shape index (κ3) is 42.2. The lowest BCUT2D eigenvalue weighted by Gasteiger charge is -2.46. The molecule has 0 aliphatic carbocycles. The van der Waals surface area contributed by atoms with E-state index < -0.39 is 86.8 Å². The molecular weight excluding hydrogens is 1110 g/mol. The van der Waals surface area contributed by atoms with Gasteiger partial charge in [0.05, 0.1) is 32.0 Å². The second kappa shape index (κ2) is 58.7. The van der Waals surface area contributed by atoms with E-state index in [2.05, 4.69) is 55.6 Å². The number of unbranched alkanes of at least 4 members (excludes halogenated alkanes) is 42. The average molecular weight is 1250 g/mol. The molecule has 516 valence electrons. The van der Waals surface area contributed by atoms with Crippen molar-refractivity contribution in [3.63, 3.8) is 0 Å². The van der Waals surface area contributed by atoms with Crippen LogP contribution in [-0.4, -0.2) is 140 Å². The van der Waals surface area contributed by atoms with Gasteiger partial charge in [-0.1, -0.05) is 294 Å². The summed E-state index contributed by atoms with van der Waals surface area (Å²) in [4.78, 5) is 13.3. The standard InChI is InChI=1S/C74H137NO13/c1-3-5-7-9-11-13-15-17-19-21-23-25-27-29-31-33-35-37-39-41-43-45-47-49-51-53-55-57-63(78)62(61-85-73-71(84)69(82)72(65(60-77)87-73)88-74-70(83)68(81)67(80)64(59-76)86-74)75-66(79)58-56-54-52-50-48-46-44-42-40-38-36-34-32-30-28-26-24-22-20-18-16-14-12-10-8-6-4-2/h22,24,39,41,47,49,55,57,62-65,67-74,76-78,80-84H,3-21,23,25-38,40,42-46,48,50-54,56,58-61H2,1-2H3,(H,75,79)/b24-22-,41-39+,49-47+,57-55+. The van der Waals surface area contributed by atoms with E-state index in [0.717, 1.165) is 44.9 Å². The Labute approximate surface area is 537 Å². The number of hydrogen-bond acceptors (Lipinski definition) is 13. The zero-order valence-corrected chi connectivity index (χ0v) is 56.2. The molecule has 2 aliphatic heterocycles. The Morgan fingerprint density at radius 3 is 1.11 bits per heavy atom. The fourth-order valence-corrected chi connectivity index (χ4v) is 12.1. The molecule has 12 atom stereocenters. The molecule has 0 aromatic carbocycles. The predicted octanol–water partition coefficient (Wildman–Crippen LogP) is 15.5. The number of aliphatic hydroxyl groups is 8. The van der Waals surface area contributed by atoms with Gasteiger partial charge in [0.2, 0.25) is 5.91 Å². The van der Waals surface area contributed by atoms with E-state index in [1.54, 1.807) is 6.08 Å². The highest BCUT2D eigenvalue weighted by Gasteiger charge is 2.51. The minimum Gasteiger partial charge on any atom is -0.394 e. The summed E-state index contributed by atoms with van der Waals surface area (Å²) in [6.07, 6.45) is 60.4. The molecule has 0 spiro atoms. The monoisotopic (exact) mass is 1250 g/mol. The van der Waals surface area contributed by atoms with Crippen LogP contribution in [0.25, 0.3) is 0 Å². The van der Waals surface area contributed by atoms with E-state index in [0.29, 0.717) is 12.8 Å². The van der Waals surface area contributed by atoms with Crippen LogP contribution in [0.1, 0.15) is 322 Å². The molecule has 0 aromatic heterocycles. The third-order valence-corrected chi connectivity index (χ3v) is 18.0. The molecule has 14 heteroatoms.